The fourth-order valence-electron chi connectivity index (χ4n) is 6.59. The van der Waals surface area contributed by atoms with E-state index in [1.165, 1.54) is 27.7 Å². The lowest BCUT2D eigenvalue weighted by Crippen LogP contribution is -2.74. The SMILES string of the molecule is CC(=O)N1C2=C3N(C(C)=O)C4C(N3C(C)=O)N(Cc3ccccc3)C(C1N4Cc1ccccc1)N2C(C)=O. The molecule has 38 heavy (non-hydrogen) atoms. The normalized spacial score (nSPS) is 26.0. The Morgan fingerprint density at radius 1 is 0.500 bits per heavy atom. The van der Waals surface area contributed by atoms with Gasteiger partial charge in [0.25, 0.3) is 0 Å². The Bertz CT molecular complexity index is 1200. The summed E-state index contributed by atoms with van der Waals surface area (Å²) in [4.78, 5) is 64.0. The molecule has 0 aliphatic carbocycles. The van der Waals surface area contributed by atoms with Gasteiger partial charge in [-0.05, 0) is 11.1 Å². The van der Waals surface area contributed by atoms with Crippen molar-refractivity contribution in [3.63, 3.8) is 0 Å². The third-order valence-electron chi connectivity index (χ3n) is 7.84. The minimum atomic E-state index is -0.551. The maximum Gasteiger partial charge on any atom is 0.226 e. The van der Waals surface area contributed by atoms with Crippen molar-refractivity contribution in [2.24, 2.45) is 0 Å². The van der Waals surface area contributed by atoms with Gasteiger partial charge < -0.3 is 0 Å². The Labute approximate surface area is 221 Å². The van der Waals surface area contributed by atoms with E-state index in [-0.39, 0.29) is 23.6 Å². The molecule has 0 saturated carbocycles. The molecule has 5 aliphatic heterocycles. The minimum absolute atomic E-state index is 0.262. The highest BCUT2D eigenvalue weighted by Gasteiger charge is 2.70. The topological polar surface area (TPSA) is 87.7 Å². The van der Waals surface area contributed by atoms with E-state index in [0.717, 1.165) is 11.1 Å². The lowest BCUT2D eigenvalue weighted by atomic mass is 10.0. The van der Waals surface area contributed by atoms with Gasteiger partial charge >= 0.3 is 0 Å². The Morgan fingerprint density at radius 2 is 0.763 bits per heavy atom. The fourth-order valence-corrected chi connectivity index (χ4v) is 6.59. The van der Waals surface area contributed by atoms with E-state index in [1.54, 1.807) is 19.6 Å². The Morgan fingerprint density at radius 3 is 1.00 bits per heavy atom. The van der Waals surface area contributed by atoms with Crippen molar-refractivity contribution in [3.8, 4) is 0 Å². The van der Waals surface area contributed by atoms with Crippen molar-refractivity contribution in [1.82, 2.24) is 29.4 Å². The third kappa shape index (κ3) is 3.33. The summed E-state index contributed by atoms with van der Waals surface area (Å²) in [5, 5.41) is 0. The second-order valence-electron chi connectivity index (χ2n) is 10.2. The summed E-state index contributed by atoms with van der Waals surface area (Å²) >= 11 is 0. The smallest absolute Gasteiger partial charge is 0.226 e. The van der Waals surface area contributed by atoms with Crippen LogP contribution in [0.2, 0.25) is 0 Å². The second kappa shape index (κ2) is 8.78. The zero-order valence-electron chi connectivity index (χ0n) is 21.8. The molecule has 0 N–H and O–H groups in total. The predicted octanol–water partition coefficient (Wildman–Crippen LogP) is 1.87. The summed E-state index contributed by atoms with van der Waals surface area (Å²) in [5.41, 5.74) is 2.00. The van der Waals surface area contributed by atoms with Gasteiger partial charge in [0.05, 0.1) is 0 Å². The van der Waals surface area contributed by atoms with Crippen molar-refractivity contribution in [3.05, 3.63) is 83.4 Å². The highest BCUT2D eigenvalue weighted by molar-refractivity contribution is 5.87. The molecule has 0 aromatic heterocycles. The zero-order valence-corrected chi connectivity index (χ0v) is 21.8. The summed E-state index contributed by atoms with van der Waals surface area (Å²) in [6.07, 6.45) is -2.20. The molecular weight excluding hydrogens is 484 g/mol. The number of hydrogen-bond donors (Lipinski definition) is 0. The molecular formula is C28H30N6O4. The molecule has 3 saturated heterocycles. The van der Waals surface area contributed by atoms with Gasteiger partial charge in [0.1, 0.15) is 24.7 Å². The van der Waals surface area contributed by atoms with Crippen LogP contribution < -0.4 is 0 Å². The van der Waals surface area contributed by atoms with Crippen molar-refractivity contribution >= 4 is 23.6 Å². The first-order chi connectivity index (χ1) is 18.2. The van der Waals surface area contributed by atoms with Crippen LogP contribution in [-0.2, 0) is 32.3 Å². The van der Waals surface area contributed by atoms with Crippen LogP contribution in [0.15, 0.2) is 72.3 Å². The first-order valence-electron chi connectivity index (χ1n) is 12.7. The van der Waals surface area contributed by atoms with Crippen molar-refractivity contribution in [2.45, 2.75) is 65.4 Å². The van der Waals surface area contributed by atoms with Crippen LogP contribution in [0.1, 0.15) is 38.8 Å². The van der Waals surface area contributed by atoms with E-state index in [1.807, 2.05) is 60.7 Å². The molecule has 10 nitrogen and oxygen atoms in total. The first-order valence-corrected chi connectivity index (χ1v) is 12.7. The highest BCUT2D eigenvalue weighted by atomic mass is 16.2. The van der Waals surface area contributed by atoms with E-state index in [2.05, 4.69) is 9.80 Å². The number of hydrogen-bond acceptors (Lipinski definition) is 6. The lowest BCUT2D eigenvalue weighted by molar-refractivity contribution is -0.179. The van der Waals surface area contributed by atoms with Crippen LogP contribution in [0.4, 0.5) is 0 Å². The largest absolute Gasteiger partial charge is 0.275 e. The van der Waals surface area contributed by atoms with Crippen LogP contribution in [0.25, 0.3) is 0 Å². The molecule has 2 aromatic carbocycles. The van der Waals surface area contributed by atoms with E-state index in [9.17, 15) is 19.2 Å². The minimum Gasteiger partial charge on any atom is -0.275 e. The summed E-state index contributed by atoms with van der Waals surface area (Å²) in [6, 6.07) is 19.7. The molecule has 2 aromatic rings. The molecule has 196 valence electrons. The number of benzene rings is 2. The van der Waals surface area contributed by atoms with Gasteiger partial charge in [-0.2, -0.15) is 0 Å². The zero-order chi connectivity index (χ0) is 26.9. The average Bonchev–Trinajstić information content (AvgIpc) is 3.36. The number of nitrogens with zero attached hydrogens (tertiary/aromatic N) is 6. The highest BCUT2D eigenvalue weighted by Crippen LogP contribution is 2.53. The van der Waals surface area contributed by atoms with Crippen molar-refractivity contribution < 1.29 is 19.2 Å². The van der Waals surface area contributed by atoms with Gasteiger partial charge in [0.15, 0.2) is 11.6 Å². The molecule has 5 heterocycles. The third-order valence-corrected chi connectivity index (χ3v) is 7.84. The maximum atomic E-state index is 13.3. The van der Waals surface area contributed by atoms with Gasteiger partial charge in [-0.1, -0.05) is 60.7 Å². The quantitative estimate of drug-likeness (QED) is 0.619. The maximum absolute atomic E-state index is 13.3. The first kappa shape index (κ1) is 24.3. The molecule has 7 rings (SSSR count). The van der Waals surface area contributed by atoms with Crippen LogP contribution in [-0.4, -0.2) is 77.7 Å². The Balaban J connectivity index is 1.64. The summed E-state index contributed by atoms with van der Waals surface area (Å²) < 4.78 is 0. The van der Waals surface area contributed by atoms with Crippen molar-refractivity contribution in [1.29, 1.82) is 0 Å². The molecule has 6 bridgehead atoms. The molecule has 0 radical (unpaired) electrons. The van der Waals surface area contributed by atoms with Crippen LogP contribution >= 0.6 is 0 Å². The number of carbonyl (C=O) groups is 4. The van der Waals surface area contributed by atoms with Gasteiger partial charge in [-0.3, -0.25) is 48.6 Å². The van der Waals surface area contributed by atoms with E-state index >= 15 is 0 Å². The monoisotopic (exact) mass is 514 g/mol. The Kier molecular flexibility index (Phi) is 5.62. The van der Waals surface area contributed by atoms with Gasteiger partial charge in [0.2, 0.25) is 23.6 Å². The summed E-state index contributed by atoms with van der Waals surface area (Å²) in [6.45, 7) is 6.70. The van der Waals surface area contributed by atoms with E-state index < -0.39 is 24.7 Å². The lowest BCUT2D eigenvalue weighted by Gasteiger charge is -2.54. The standard InChI is InChI=1S/C28H30N6O4/c1-17(35)31-23-24-30(16-22-13-9-6-10-14-22)26-25(29(23)15-21-11-7-5-8-12-21)33(19(3)37)28(34(26)20(4)38)27(31)32(24)18(2)36/h5-14,23-26H,15-16H2,1-4H3. The van der Waals surface area contributed by atoms with Crippen LogP contribution in [0.5, 0.6) is 0 Å². The fraction of sp³-hybridized carbons (Fsp3) is 0.357. The molecule has 4 unspecified atom stereocenters. The second-order valence-corrected chi connectivity index (χ2v) is 10.2. The number of rotatable bonds is 4. The van der Waals surface area contributed by atoms with Gasteiger partial charge in [-0.15, -0.1) is 0 Å². The van der Waals surface area contributed by atoms with E-state index in [0.29, 0.717) is 24.7 Å². The predicted molar refractivity (Wildman–Crippen MR) is 136 cm³/mol. The van der Waals surface area contributed by atoms with E-state index in [4.69, 9.17) is 0 Å². The molecule has 0 spiro atoms. The van der Waals surface area contributed by atoms with Crippen LogP contribution in [0, 0.1) is 0 Å². The Hall–Kier alpha value is -4.02. The average molecular weight is 515 g/mol. The number of piperazine rings is 1. The van der Waals surface area contributed by atoms with Gasteiger partial charge in [-0.25, -0.2) is 0 Å². The van der Waals surface area contributed by atoms with Gasteiger partial charge in [0, 0.05) is 40.8 Å². The molecule has 4 atom stereocenters. The summed E-state index contributed by atoms with van der Waals surface area (Å²) in [5.74, 6) is -0.457. The molecule has 10 heteroatoms. The molecule has 4 amide bonds. The molecule has 5 aliphatic rings. The number of carbonyl (C=O) groups excluding carboxylic acids is 4. The van der Waals surface area contributed by atoms with Crippen molar-refractivity contribution in [2.75, 3.05) is 0 Å². The van der Waals surface area contributed by atoms with Crippen LogP contribution in [0.3, 0.4) is 0 Å². The number of amides is 4. The molecule has 3 fully saturated rings. The summed E-state index contributed by atoms with van der Waals surface area (Å²) in [7, 11) is 0.